The topological polar surface area (TPSA) is 50.2 Å². The molecular weight excluding hydrogens is 348 g/mol. The van der Waals surface area contributed by atoms with Crippen LogP contribution in [0.5, 0.6) is 0 Å². The van der Waals surface area contributed by atoms with Crippen molar-refractivity contribution in [3.8, 4) is 0 Å². The molecule has 0 aliphatic carbocycles. The average Bonchev–Trinajstić information content (AvgIpc) is 3.06. The Morgan fingerprint density at radius 3 is 2.57 bits per heavy atom. The molecule has 3 aromatic rings. The first-order chi connectivity index (χ1) is 13.6. The van der Waals surface area contributed by atoms with Crippen molar-refractivity contribution < 1.29 is 4.79 Å². The Balaban J connectivity index is 1.30. The molecule has 1 aliphatic heterocycles. The fourth-order valence-corrected chi connectivity index (χ4v) is 4.11. The van der Waals surface area contributed by atoms with Gasteiger partial charge in [0.1, 0.15) is 0 Å². The molecule has 1 aliphatic rings. The van der Waals surface area contributed by atoms with Crippen molar-refractivity contribution in [2.45, 2.75) is 26.2 Å². The van der Waals surface area contributed by atoms with E-state index in [9.17, 15) is 4.79 Å². The number of carbonyl (C=O) groups excluding carboxylic acids is 1. The van der Waals surface area contributed by atoms with Crippen LogP contribution in [0.2, 0.25) is 0 Å². The monoisotopic (exact) mass is 376 g/mol. The number of amides is 1. The first kappa shape index (κ1) is 18.5. The van der Waals surface area contributed by atoms with Crippen LogP contribution in [0.4, 0.5) is 5.95 Å². The third kappa shape index (κ3) is 3.75. The molecule has 1 N–H and O–H groups in total. The summed E-state index contributed by atoms with van der Waals surface area (Å²) < 4.78 is 2.15. The van der Waals surface area contributed by atoms with Gasteiger partial charge in [0.05, 0.1) is 11.0 Å². The van der Waals surface area contributed by atoms with Gasteiger partial charge in [0, 0.05) is 32.6 Å². The average molecular weight is 377 g/mol. The molecule has 2 aromatic carbocycles. The summed E-state index contributed by atoms with van der Waals surface area (Å²) in [5.41, 5.74) is 4.76. The van der Waals surface area contributed by atoms with Crippen LogP contribution >= 0.6 is 0 Å². The van der Waals surface area contributed by atoms with E-state index in [2.05, 4.69) is 59.1 Å². The standard InChI is InChI=1S/C23H28N4O/c1-17-7-3-4-8-18(17)11-14-24-22(28)19-12-15-27(16-13-19)23-25-20-9-5-6-10-21(20)26(23)2/h3-10,19H,11-16H2,1-2H3,(H,24,28). The fourth-order valence-electron chi connectivity index (χ4n) is 4.11. The van der Waals surface area contributed by atoms with Gasteiger partial charge in [-0.15, -0.1) is 0 Å². The lowest BCUT2D eigenvalue weighted by atomic mass is 9.96. The molecule has 0 spiro atoms. The highest BCUT2D eigenvalue weighted by molar-refractivity contribution is 5.80. The summed E-state index contributed by atoms with van der Waals surface area (Å²) in [4.78, 5) is 19.7. The Morgan fingerprint density at radius 1 is 1.11 bits per heavy atom. The predicted molar refractivity (Wildman–Crippen MR) is 114 cm³/mol. The van der Waals surface area contributed by atoms with Crippen LogP contribution in [0.1, 0.15) is 24.0 Å². The molecule has 1 fully saturated rings. The number of anilines is 1. The van der Waals surface area contributed by atoms with E-state index in [-0.39, 0.29) is 11.8 Å². The van der Waals surface area contributed by atoms with Crippen molar-refractivity contribution in [1.82, 2.24) is 14.9 Å². The molecule has 0 bridgehead atoms. The van der Waals surface area contributed by atoms with Crippen molar-refractivity contribution in [3.05, 3.63) is 59.7 Å². The van der Waals surface area contributed by atoms with Crippen molar-refractivity contribution in [1.29, 1.82) is 0 Å². The summed E-state index contributed by atoms with van der Waals surface area (Å²) in [5, 5.41) is 3.14. The number of para-hydroxylation sites is 2. The van der Waals surface area contributed by atoms with E-state index in [4.69, 9.17) is 4.98 Å². The van der Waals surface area contributed by atoms with Crippen LogP contribution in [0.25, 0.3) is 11.0 Å². The van der Waals surface area contributed by atoms with Crippen molar-refractivity contribution in [2.24, 2.45) is 13.0 Å². The number of aryl methyl sites for hydroxylation is 2. The first-order valence-electron chi connectivity index (χ1n) is 10.1. The highest BCUT2D eigenvalue weighted by Gasteiger charge is 2.27. The van der Waals surface area contributed by atoms with Gasteiger partial charge in [-0.05, 0) is 49.4 Å². The highest BCUT2D eigenvalue weighted by Crippen LogP contribution is 2.26. The fraction of sp³-hybridized carbons (Fsp3) is 0.391. The van der Waals surface area contributed by atoms with Gasteiger partial charge in [-0.25, -0.2) is 4.98 Å². The number of hydrogen-bond donors (Lipinski definition) is 1. The summed E-state index contributed by atoms with van der Waals surface area (Å²) in [6.07, 6.45) is 2.63. The van der Waals surface area contributed by atoms with E-state index >= 15 is 0 Å². The number of rotatable bonds is 5. The quantitative estimate of drug-likeness (QED) is 0.742. The molecule has 5 nitrogen and oxygen atoms in total. The molecule has 28 heavy (non-hydrogen) atoms. The van der Waals surface area contributed by atoms with Crippen LogP contribution in [-0.4, -0.2) is 35.1 Å². The Kier molecular flexibility index (Phi) is 5.33. The van der Waals surface area contributed by atoms with Crippen LogP contribution in [0, 0.1) is 12.8 Å². The summed E-state index contributed by atoms with van der Waals surface area (Å²) in [6.45, 7) is 4.56. The summed E-state index contributed by atoms with van der Waals surface area (Å²) in [6, 6.07) is 16.6. The van der Waals surface area contributed by atoms with E-state index in [1.165, 1.54) is 11.1 Å². The van der Waals surface area contributed by atoms with Gasteiger partial charge < -0.3 is 14.8 Å². The summed E-state index contributed by atoms with van der Waals surface area (Å²) in [7, 11) is 2.06. The number of nitrogens with zero attached hydrogens (tertiary/aromatic N) is 3. The highest BCUT2D eigenvalue weighted by atomic mass is 16.1. The van der Waals surface area contributed by atoms with Crippen LogP contribution < -0.4 is 10.2 Å². The Labute approximate surface area is 166 Å². The third-order valence-electron chi connectivity index (χ3n) is 5.87. The number of imidazole rings is 1. The molecule has 146 valence electrons. The molecule has 0 unspecified atom stereocenters. The zero-order chi connectivity index (χ0) is 19.5. The maximum atomic E-state index is 12.6. The minimum Gasteiger partial charge on any atom is -0.356 e. The second-order valence-electron chi connectivity index (χ2n) is 7.69. The summed E-state index contributed by atoms with van der Waals surface area (Å²) in [5.74, 6) is 1.29. The lowest BCUT2D eigenvalue weighted by molar-refractivity contribution is -0.125. The van der Waals surface area contributed by atoms with E-state index in [1.807, 2.05) is 18.2 Å². The molecule has 0 atom stereocenters. The lowest BCUT2D eigenvalue weighted by Crippen LogP contribution is -2.41. The number of piperidine rings is 1. The van der Waals surface area contributed by atoms with Gasteiger partial charge in [-0.1, -0.05) is 36.4 Å². The van der Waals surface area contributed by atoms with Crippen molar-refractivity contribution in [3.63, 3.8) is 0 Å². The predicted octanol–water partition coefficient (Wildman–Crippen LogP) is 3.46. The Morgan fingerprint density at radius 2 is 1.82 bits per heavy atom. The minimum atomic E-state index is 0.0998. The Bertz CT molecular complexity index is 970. The molecular formula is C23H28N4O. The second-order valence-corrected chi connectivity index (χ2v) is 7.69. The van der Waals surface area contributed by atoms with E-state index < -0.39 is 0 Å². The maximum absolute atomic E-state index is 12.6. The molecule has 1 amide bonds. The van der Waals surface area contributed by atoms with E-state index in [1.54, 1.807) is 0 Å². The minimum absolute atomic E-state index is 0.0998. The first-order valence-corrected chi connectivity index (χ1v) is 10.1. The largest absolute Gasteiger partial charge is 0.356 e. The normalized spacial score (nSPS) is 15.1. The van der Waals surface area contributed by atoms with Crippen LogP contribution in [0.15, 0.2) is 48.5 Å². The van der Waals surface area contributed by atoms with E-state index in [0.717, 1.165) is 49.3 Å². The number of aromatic nitrogens is 2. The molecule has 5 heteroatoms. The van der Waals surface area contributed by atoms with Gasteiger partial charge in [0.25, 0.3) is 0 Å². The maximum Gasteiger partial charge on any atom is 0.223 e. The van der Waals surface area contributed by atoms with E-state index in [0.29, 0.717) is 6.54 Å². The third-order valence-corrected chi connectivity index (χ3v) is 5.87. The van der Waals surface area contributed by atoms with Crippen molar-refractivity contribution in [2.75, 3.05) is 24.5 Å². The smallest absolute Gasteiger partial charge is 0.223 e. The zero-order valence-corrected chi connectivity index (χ0v) is 16.7. The second kappa shape index (κ2) is 8.05. The van der Waals surface area contributed by atoms with Crippen LogP contribution in [-0.2, 0) is 18.3 Å². The van der Waals surface area contributed by atoms with Gasteiger partial charge in [-0.2, -0.15) is 0 Å². The molecule has 2 heterocycles. The molecule has 0 radical (unpaired) electrons. The van der Waals surface area contributed by atoms with Gasteiger partial charge >= 0.3 is 0 Å². The number of nitrogens with one attached hydrogen (secondary N) is 1. The lowest BCUT2D eigenvalue weighted by Gasteiger charge is -2.32. The number of fused-ring (bicyclic) bond motifs is 1. The molecule has 4 rings (SSSR count). The zero-order valence-electron chi connectivity index (χ0n) is 16.7. The van der Waals surface area contributed by atoms with Crippen LogP contribution in [0.3, 0.4) is 0 Å². The molecule has 1 saturated heterocycles. The summed E-state index contributed by atoms with van der Waals surface area (Å²) >= 11 is 0. The number of hydrogen-bond acceptors (Lipinski definition) is 3. The van der Waals surface area contributed by atoms with Gasteiger partial charge in [0.15, 0.2) is 0 Å². The van der Waals surface area contributed by atoms with Crippen molar-refractivity contribution >= 4 is 22.9 Å². The van der Waals surface area contributed by atoms with Gasteiger partial charge in [0.2, 0.25) is 11.9 Å². The molecule has 0 saturated carbocycles. The molecule has 1 aromatic heterocycles. The number of benzene rings is 2. The Hall–Kier alpha value is -2.82. The van der Waals surface area contributed by atoms with Gasteiger partial charge in [-0.3, -0.25) is 4.79 Å². The number of carbonyl (C=O) groups is 1. The SMILES string of the molecule is Cc1ccccc1CCNC(=O)C1CCN(c2nc3ccccc3n2C)CC1.